The molecular weight excluding hydrogens is 274 g/mol. The lowest BCUT2D eigenvalue weighted by Gasteiger charge is -2.09. The number of hydrazine groups is 1. The van der Waals surface area contributed by atoms with Crippen LogP contribution in [0.4, 0.5) is 10.8 Å². The zero-order valence-electron chi connectivity index (χ0n) is 9.41. The maximum absolute atomic E-state index is 12.1. The molecule has 0 spiro atoms. The van der Waals surface area contributed by atoms with Crippen LogP contribution >= 0.6 is 11.3 Å². The van der Waals surface area contributed by atoms with Crippen molar-refractivity contribution in [1.82, 2.24) is 9.97 Å². The first kappa shape index (κ1) is 12.7. The van der Waals surface area contributed by atoms with E-state index in [9.17, 15) is 8.42 Å². The molecule has 0 aromatic carbocycles. The van der Waals surface area contributed by atoms with E-state index < -0.39 is 10.0 Å². The summed E-state index contributed by atoms with van der Waals surface area (Å²) < 4.78 is 26.6. The van der Waals surface area contributed by atoms with Gasteiger partial charge < -0.3 is 5.43 Å². The van der Waals surface area contributed by atoms with Gasteiger partial charge >= 0.3 is 0 Å². The second-order valence-electron chi connectivity index (χ2n) is 3.42. The first-order valence-corrected chi connectivity index (χ1v) is 7.25. The molecule has 0 aliphatic rings. The number of sulfonamides is 1. The van der Waals surface area contributed by atoms with Crippen molar-refractivity contribution >= 4 is 32.2 Å². The standard InChI is InChI=1S/C9H11N5O2S2/c1-6-5-17-9(12-6)14-18(15,16)8-4-11-3-2-7(8)13-10/h2-5H,10H2,1H3,(H,11,13)(H,12,14). The van der Waals surface area contributed by atoms with Crippen molar-refractivity contribution in [2.75, 3.05) is 10.1 Å². The van der Waals surface area contributed by atoms with Gasteiger partial charge in [0.2, 0.25) is 0 Å². The van der Waals surface area contributed by atoms with Gasteiger partial charge in [0, 0.05) is 17.8 Å². The number of anilines is 2. The van der Waals surface area contributed by atoms with Gasteiger partial charge in [0.1, 0.15) is 4.90 Å². The summed E-state index contributed by atoms with van der Waals surface area (Å²) in [5, 5.41) is 2.06. The van der Waals surface area contributed by atoms with Crippen molar-refractivity contribution in [2.24, 2.45) is 5.84 Å². The van der Waals surface area contributed by atoms with Gasteiger partial charge in [-0.05, 0) is 13.0 Å². The van der Waals surface area contributed by atoms with Crippen molar-refractivity contribution in [3.63, 3.8) is 0 Å². The topological polar surface area (TPSA) is 110 Å². The summed E-state index contributed by atoms with van der Waals surface area (Å²) in [7, 11) is -3.75. The van der Waals surface area contributed by atoms with Crippen LogP contribution in [0, 0.1) is 6.92 Å². The van der Waals surface area contributed by atoms with E-state index in [0.717, 1.165) is 5.69 Å². The molecular formula is C9H11N5O2S2. The lowest BCUT2D eigenvalue weighted by atomic mass is 10.4. The normalized spacial score (nSPS) is 11.2. The Balaban J connectivity index is 2.36. The highest BCUT2D eigenvalue weighted by Crippen LogP contribution is 2.23. The molecule has 0 saturated heterocycles. The highest BCUT2D eigenvalue weighted by Gasteiger charge is 2.19. The van der Waals surface area contributed by atoms with Gasteiger partial charge in [0.15, 0.2) is 5.13 Å². The fraction of sp³-hybridized carbons (Fsp3) is 0.111. The Bertz CT molecular complexity index is 652. The molecule has 2 heterocycles. The molecule has 0 fully saturated rings. The Kier molecular flexibility index (Phi) is 3.45. The number of nitrogens with two attached hydrogens (primary N) is 1. The smallest absolute Gasteiger partial charge is 0.267 e. The first-order valence-electron chi connectivity index (χ1n) is 4.88. The molecule has 0 bridgehead atoms. The number of hydrogen-bond donors (Lipinski definition) is 3. The van der Waals surface area contributed by atoms with Crippen LogP contribution in [0.1, 0.15) is 5.69 Å². The highest BCUT2D eigenvalue weighted by atomic mass is 32.2. The van der Waals surface area contributed by atoms with Gasteiger partial charge in [-0.2, -0.15) is 0 Å². The van der Waals surface area contributed by atoms with E-state index >= 15 is 0 Å². The second-order valence-corrected chi connectivity index (χ2v) is 5.92. The molecule has 96 valence electrons. The van der Waals surface area contributed by atoms with E-state index in [0.29, 0.717) is 5.13 Å². The van der Waals surface area contributed by atoms with Crippen molar-refractivity contribution in [1.29, 1.82) is 0 Å². The van der Waals surface area contributed by atoms with Crippen molar-refractivity contribution in [2.45, 2.75) is 11.8 Å². The first-order chi connectivity index (χ1) is 8.53. The Hall–Kier alpha value is -1.71. The minimum Gasteiger partial charge on any atom is -0.323 e. The van der Waals surface area contributed by atoms with Crippen LogP contribution in [0.5, 0.6) is 0 Å². The summed E-state index contributed by atoms with van der Waals surface area (Å²) in [6.45, 7) is 1.78. The van der Waals surface area contributed by atoms with Crippen molar-refractivity contribution in [3.8, 4) is 0 Å². The molecule has 0 aliphatic carbocycles. The van der Waals surface area contributed by atoms with Crippen molar-refractivity contribution < 1.29 is 8.42 Å². The van der Waals surface area contributed by atoms with Crippen molar-refractivity contribution in [3.05, 3.63) is 29.5 Å². The summed E-state index contributed by atoms with van der Waals surface area (Å²) in [6.07, 6.45) is 2.67. The summed E-state index contributed by atoms with van der Waals surface area (Å²) in [5.74, 6) is 5.26. The van der Waals surface area contributed by atoms with E-state index in [-0.39, 0.29) is 10.6 Å². The molecule has 2 aromatic rings. The van der Waals surface area contributed by atoms with Gasteiger partial charge in [-0.3, -0.25) is 15.5 Å². The lowest BCUT2D eigenvalue weighted by molar-refractivity contribution is 0.601. The third-order valence-electron chi connectivity index (χ3n) is 2.07. The van der Waals surface area contributed by atoms with Gasteiger partial charge in [-0.25, -0.2) is 13.4 Å². The average molecular weight is 285 g/mol. The largest absolute Gasteiger partial charge is 0.323 e. The van der Waals surface area contributed by atoms with Crippen LogP contribution in [0.15, 0.2) is 28.7 Å². The van der Waals surface area contributed by atoms with Crippen LogP contribution in [-0.2, 0) is 10.0 Å². The number of nitrogen functional groups attached to an aromatic ring is 1. The summed E-state index contributed by atoms with van der Waals surface area (Å²) >= 11 is 1.21. The Morgan fingerprint density at radius 1 is 1.44 bits per heavy atom. The Morgan fingerprint density at radius 3 is 2.83 bits per heavy atom. The average Bonchev–Trinajstić information content (AvgIpc) is 2.74. The SMILES string of the molecule is Cc1csc(NS(=O)(=O)c2cnccc2NN)n1. The lowest BCUT2D eigenvalue weighted by Crippen LogP contribution is -2.17. The number of nitrogens with one attached hydrogen (secondary N) is 2. The van der Waals surface area contributed by atoms with Crippen LogP contribution in [-0.4, -0.2) is 18.4 Å². The number of aromatic nitrogens is 2. The zero-order valence-corrected chi connectivity index (χ0v) is 11.0. The number of pyridine rings is 1. The molecule has 0 amide bonds. The summed E-state index contributed by atoms with van der Waals surface area (Å²) in [5.41, 5.74) is 3.34. The number of aryl methyl sites for hydroxylation is 1. The molecule has 7 nitrogen and oxygen atoms in total. The minimum atomic E-state index is -3.75. The fourth-order valence-electron chi connectivity index (χ4n) is 1.28. The van der Waals surface area contributed by atoms with Crippen LogP contribution in [0.25, 0.3) is 0 Å². The van der Waals surface area contributed by atoms with E-state index in [1.807, 2.05) is 0 Å². The molecule has 0 radical (unpaired) electrons. The highest BCUT2D eigenvalue weighted by molar-refractivity contribution is 7.93. The number of hydrogen-bond acceptors (Lipinski definition) is 7. The van der Waals surface area contributed by atoms with Gasteiger partial charge in [-0.1, -0.05) is 0 Å². The summed E-state index contributed by atoms with van der Waals surface area (Å²) in [4.78, 5) is 7.78. The number of rotatable bonds is 4. The zero-order chi connectivity index (χ0) is 13.2. The molecule has 0 atom stereocenters. The fourth-order valence-corrected chi connectivity index (χ4v) is 3.34. The molecule has 2 aromatic heterocycles. The van der Waals surface area contributed by atoms with Crippen LogP contribution < -0.4 is 16.0 Å². The van der Waals surface area contributed by atoms with Crippen LogP contribution in [0.3, 0.4) is 0 Å². The molecule has 4 N–H and O–H groups in total. The van der Waals surface area contributed by atoms with Gasteiger partial charge in [0.25, 0.3) is 10.0 Å². The number of nitrogens with zero attached hydrogens (tertiary/aromatic N) is 2. The maximum atomic E-state index is 12.1. The summed E-state index contributed by atoms with van der Waals surface area (Å²) in [6, 6.07) is 1.47. The monoisotopic (exact) mass is 285 g/mol. The molecule has 2 rings (SSSR count). The predicted octanol–water partition coefficient (Wildman–Crippen LogP) is 0.933. The van der Waals surface area contributed by atoms with E-state index in [1.165, 1.54) is 29.8 Å². The van der Waals surface area contributed by atoms with Crippen LogP contribution in [0.2, 0.25) is 0 Å². The van der Waals surface area contributed by atoms with E-state index in [2.05, 4.69) is 20.1 Å². The molecule has 9 heteroatoms. The minimum absolute atomic E-state index is 0.0275. The molecule has 0 unspecified atom stereocenters. The molecule has 0 saturated carbocycles. The number of thiazole rings is 1. The van der Waals surface area contributed by atoms with E-state index in [1.54, 1.807) is 12.3 Å². The third-order valence-corrected chi connectivity index (χ3v) is 4.44. The van der Waals surface area contributed by atoms with E-state index in [4.69, 9.17) is 5.84 Å². The molecule has 0 aliphatic heterocycles. The Morgan fingerprint density at radius 2 is 2.22 bits per heavy atom. The molecule has 18 heavy (non-hydrogen) atoms. The van der Waals surface area contributed by atoms with Gasteiger partial charge in [0.05, 0.1) is 11.4 Å². The predicted molar refractivity (Wildman–Crippen MR) is 69.7 cm³/mol. The quantitative estimate of drug-likeness (QED) is 0.569. The third kappa shape index (κ3) is 2.58. The second kappa shape index (κ2) is 4.88. The maximum Gasteiger partial charge on any atom is 0.267 e. The Labute approximate surface area is 108 Å². The van der Waals surface area contributed by atoms with Gasteiger partial charge in [-0.15, -0.1) is 11.3 Å².